The molecule has 1 aliphatic rings. The molecule has 1 aliphatic heterocycles. The van der Waals surface area contributed by atoms with Crippen molar-refractivity contribution in [1.82, 2.24) is 10.3 Å². The zero-order valence-corrected chi connectivity index (χ0v) is 14.6. The van der Waals surface area contributed by atoms with Crippen molar-refractivity contribution >= 4 is 0 Å². The lowest BCUT2D eigenvalue weighted by atomic mass is 10.2. The van der Waals surface area contributed by atoms with Gasteiger partial charge in [0.2, 0.25) is 0 Å². The van der Waals surface area contributed by atoms with Gasteiger partial charge in [-0.3, -0.25) is 4.98 Å². The minimum absolute atomic E-state index is 0.0813. The van der Waals surface area contributed by atoms with E-state index < -0.39 is 0 Å². The van der Waals surface area contributed by atoms with E-state index in [0.29, 0.717) is 19.3 Å². The van der Waals surface area contributed by atoms with Crippen LogP contribution in [0.3, 0.4) is 0 Å². The summed E-state index contributed by atoms with van der Waals surface area (Å²) in [4.78, 5) is 4.44. The van der Waals surface area contributed by atoms with Crippen LogP contribution in [0.25, 0.3) is 0 Å². The van der Waals surface area contributed by atoms with Gasteiger partial charge in [-0.2, -0.15) is 0 Å². The van der Waals surface area contributed by atoms with Crippen molar-refractivity contribution < 1.29 is 14.2 Å². The standard InChI is InChI=1S/C18H30N2O3/c1-18(2,3)23-11-5-10-21-16-8-7-15(20-14-16)6-4-9-22-17-12-19-13-17/h7-8,14,17,19H,4-6,9-13H2,1-3H3. The van der Waals surface area contributed by atoms with E-state index in [4.69, 9.17) is 14.2 Å². The van der Waals surface area contributed by atoms with E-state index in [9.17, 15) is 0 Å². The van der Waals surface area contributed by atoms with E-state index in [-0.39, 0.29) is 5.60 Å². The number of aromatic nitrogens is 1. The van der Waals surface area contributed by atoms with Crippen LogP contribution in [0.4, 0.5) is 0 Å². The monoisotopic (exact) mass is 322 g/mol. The molecule has 5 nitrogen and oxygen atoms in total. The van der Waals surface area contributed by atoms with E-state index in [0.717, 1.165) is 50.4 Å². The Kier molecular flexibility index (Phi) is 7.27. The summed E-state index contributed by atoms with van der Waals surface area (Å²) in [5, 5.41) is 3.20. The smallest absolute Gasteiger partial charge is 0.137 e. The highest BCUT2D eigenvalue weighted by molar-refractivity contribution is 5.19. The van der Waals surface area contributed by atoms with E-state index in [1.54, 1.807) is 6.20 Å². The van der Waals surface area contributed by atoms with Crippen LogP contribution in [0.2, 0.25) is 0 Å². The first-order valence-corrected chi connectivity index (χ1v) is 8.57. The lowest BCUT2D eigenvalue weighted by molar-refractivity contribution is -0.00770. The summed E-state index contributed by atoms with van der Waals surface area (Å²) in [5.41, 5.74) is 1.01. The van der Waals surface area contributed by atoms with Gasteiger partial charge in [0, 0.05) is 31.8 Å². The van der Waals surface area contributed by atoms with E-state index in [2.05, 4.69) is 31.1 Å². The number of pyridine rings is 1. The minimum atomic E-state index is -0.0813. The minimum Gasteiger partial charge on any atom is -0.492 e. The molecule has 2 heterocycles. The predicted octanol–water partition coefficient (Wildman–Crippen LogP) is 2.59. The third-order valence-electron chi connectivity index (χ3n) is 3.56. The van der Waals surface area contributed by atoms with Crippen LogP contribution >= 0.6 is 0 Å². The number of nitrogens with one attached hydrogen (secondary N) is 1. The Hall–Kier alpha value is -1.17. The Balaban J connectivity index is 1.54. The second-order valence-electron chi connectivity index (χ2n) is 6.90. The van der Waals surface area contributed by atoms with Gasteiger partial charge in [0.15, 0.2) is 0 Å². The zero-order valence-electron chi connectivity index (χ0n) is 14.6. The first-order valence-electron chi connectivity index (χ1n) is 8.57. The van der Waals surface area contributed by atoms with Crippen molar-refractivity contribution in [3.8, 4) is 5.75 Å². The number of nitrogens with zero attached hydrogens (tertiary/aromatic N) is 1. The summed E-state index contributed by atoms with van der Waals surface area (Å²) >= 11 is 0. The van der Waals surface area contributed by atoms with Crippen LogP contribution in [-0.4, -0.2) is 49.6 Å². The van der Waals surface area contributed by atoms with Crippen LogP contribution in [-0.2, 0) is 15.9 Å². The molecular formula is C18H30N2O3. The zero-order chi connectivity index (χ0) is 16.5. The number of hydrogen-bond donors (Lipinski definition) is 1. The van der Waals surface area contributed by atoms with Crippen LogP contribution in [0.5, 0.6) is 5.75 Å². The van der Waals surface area contributed by atoms with Crippen molar-refractivity contribution in [2.45, 2.75) is 51.7 Å². The fourth-order valence-electron chi connectivity index (χ4n) is 2.15. The predicted molar refractivity (Wildman–Crippen MR) is 91.0 cm³/mol. The summed E-state index contributed by atoms with van der Waals surface area (Å²) in [6.07, 6.45) is 5.05. The summed E-state index contributed by atoms with van der Waals surface area (Å²) in [7, 11) is 0. The normalized spacial score (nSPS) is 15.4. The SMILES string of the molecule is CC(C)(C)OCCCOc1ccc(CCCOC2CNC2)nc1. The van der Waals surface area contributed by atoms with Crippen LogP contribution in [0.1, 0.15) is 39.3 Å². The summed E-state index contributed by atoms with van der Waals surface area (Å²) < 4.78 is 17.0. The Bertz CT molecular complexity index is 439. The van der Waals surface area contributed by atoms with Crippen LogP contribution in [0, 0.1) is 0 Å². The molecule has 0 atom stereocenters. The highest BCUT2D eigenvalue weighted by Crippen LogP contribution is 2.12. The third kappa shape index (κ3) is 7.77. The molecule has 23 heavy (non-hydrogen) atoms. The summed E-state index contributed by atoms with van der Waals surface area (Å²) in [6, 6.07) is 4.02. The van der Waals surface area contributed by atoms with Crippen molar-refractivity contribution in [1.29, 1.82) is 0 Å². The second-order valence-corrected chi connectivity index (χ2v) is 6.90. The first-order chi connectivity index (χ1) is 11.0. The van der Waals surface area contributed by atoms with Gasteiger partial charge >= 0.3 is 0 Å². The molecule has 1 fully saturated rings. The molecule has 1 aromatic heterocycles. The maximum absolute atomic E-state index is 5.70. The molecule has 0 saturated carbocycles. The number of aryl methyl sites for hydroxylation is 1. The molecule has 2 rings (SSSR count). The Morgan fingerprint density at radius 2 is 1.96 bits per heavy atom. The topological polar surface area (TPSA) is 52.6 Å². The molecular weight excluding hydrogens is 292 g/mol. The van der Waals surface area contributed by atoms with Gasteiger partial charge in [-0.1, -0.05) is 0 Å². The Morgan fingerprint density at radius 1 is 1.13 bits per heavy atom. The molecule has 5 heteroatoms. The van der Waals surface area contributed by atoms with Crippen LogP contribution in [0.15, 0.2) is 18.3 Å². The van der Waals surface area contributed by atoms with Gasteiger partial charge in [0.05, 0.1) is 31.1 Å². The van der Waals surface area contributed by atoms with Crippen molar-refractivity contribution in [2.75, 3.05) is 32.9 Å². The molecule has 1 aromatic rings. The van der Waals surface area contributed by atoms with Gasteiger partial charge in [0.1, 0.15) is 5.75 Å². The van der Waals surface area contributed by atoms with Crippen molar-refractivity contribution in [3.05, 3.63) is 24.0 Å². The maximum Gasteiger partial charge on any atom is 0.137 e. The summed E-state index contributed by atoms with van der Waals surface area (Å²) in [5.74, 6) is 0.821. The average Bonchev–Trinajstić information content (AvgIpc) is 2.45. The van der Waals surface area contributed by atoms with E-state index in [1.165, 1.54) is 0 Å². The van der Waals surface area contributed by atoms with Gasteiger partial charge < -0.3 is 19.5 Å². The lowest BCUT2D eigenvalue weighted by Crippen LogP contribution is -2.48. The third-order valence-corrected chi connectivity index (χ3v) is 3.56. The average molecular weight is 322 g/mol. The number of hydrogen-bond acceptors (Lipinski definition) is 5. The number of rotatable bonds is 10. The van der Waals surface area contributed by atoms with Crippen molar-refractivity contribution in [2.24, 2.45) is 0 Å². The quantitative estimate of drug-likeness (QED) is 0.671. The molecule has 0 bridgehead atoms. The fourth-order valence-corrected chi connectivity index (χ4v) is 2.15. The molecule has 130 valence electrons. The molecule has 0 spiro atoms. The second kappa shape index (κ2) is 9.21. The lowest BCUT2D eigenvalue weighted by Gasteiger charge is -2.27. The molecule has 0 radical (unpaired) electrons. The van der Waals surface area contributed by atoms with Gasteiger partial charge in [-0.25, -0.2) is 0 Å². The van der Waals surface area contributed by atoms with E-state index >= 15 is 0 Å². The molecule has 0 aliphatic carbocycles. The van der Waals surface area contributed by atoms with Gasteiger partial charge in [0.25, 0.3) is 0 Å². The molecule has 1 saturated heterocycles. The largest absolute Gasteiger partial charge is 0.492 e. The van der Waals surface area contributed by atoms with Crippen LogP contribution < -0.4 is 10.1 Å². The van der Waals surface area contributed by atoms with Gasteiger partial charge in [-0.05, 0) is 45.7 Å². The molecule has 0 aromatic carbocycles. The molecule has 0 amide bonds. The summed E-state index contributed by atoms with van der Waals surface area (Å²) in [6.45, 7) is 10.3. The highest BCUT2D eigenvalue weighted by Gasteiger charge is 2.16. The fraction of sp³-hybridized carbons (Fsp3) is 0.722. The van der Waals surface area contributed by atoms with E-state index in [1.807, 2.05) is 12.1 Å². The van der Waals surface area contributed by atoms with Crippen molar-refractivity contribution in [3.63, 3.8) is 0 Å². The Morgan fingerprint density at radius 3 is 2.57 bits per heavy atom. The maximum atomic E-state index is 5.70. The van der Waals surface area contributed by atoms with Gasteiger partial charge in [-0.15, -0.1) is 0 Å². The Labute approximate surface area is 139 Å². The first kappa shape index (κ1) is 18.2. The highest BCUT2D eigenvalue weighted by atomic mass is 16.5. The molecule has 1 N–H and O–H groups in total. The molecule has 0 unspecified atom stereocenters. The number of ether oxygens (including phenoxy) is 3.